The minimum atomic E-state index is -0.101. The molecule has 1 aromatic rings. The van der Waals surface area contributed by atoms with Gasteiger partial charge in [-0.25, -0.2) is 4.98 Å². The number of anilines is 1. The standard InChI is InChI=1S/C16H23N5O2/c1-12(20(3)13(2)22)14-4-8-21(9-5-14)11-16(23)19-15-10-17-6-7-18-15/h4,6-7,10,12H,5,8-9,11H2,1-3H3,(H,18,19,23). The quantitative estimate of drug-likeness (QED) is 0.817. The molecule has 1 aliphatic rings. The lowest BCUT2D eigenvalue weighted by Crippen LogP contribution is -2.40. The van der Waals surface area contributed by atoms with Gasteiger partial charge >= 0.3 is 0 Å². The van der Waals surface area contributed by atoms with Crippen molar-refractivity contribution < 1.29 is 9.59 Å². The van der Waals surface area contributed by atoms with E-state index in [0.717, 1.165) is 13.0 Å². The third-order valence-corrected chi connectivity index (χ3v) is 4.14. The van der Waals surface area contributed by atoms with E-state index in [4.69, 9.17) is 0 Å². The molecule has 1 unspecified atom stereocenters. The van der Waals surface area contributed by atoms with Crippen molar-refractivity contribution in [1.29, 1.82) is 0 Å². The summed E-state index contributed by atoms with van der Waals surface area (Å²) in [6.07, 6.45) is 7.59. The van der Waals surface area contributed by atoms with Gasteiger partial charge in [0.1, 0.15) is 0 Å². The molecule has 1 aliphatic heterocycles. The molecule has 124 valence electrons. The van der Waals surface area contributed by atoms with Crippen LogP contribution in [0.4, 0.5) is 5.82 Å². The second kappa shape index (κ2) is 7.82. The fourth-order valence-electron chi connectivity index (χ4n) is 2.52. The maximum absolute atomic E-state index is 12.0. The summed E-state index contributed by atoms with van der Waals surface area (Å²) in [6, 6.07) is 0.100. The van der Waals surface area contributed by atoms with Crippen molar-refractivity contribution in [2.45, 2.75) is 26.3 Å². The van der Waals surface area contributed by atoms with Gasteiger partial charge in [0.2, 0.25) is 11.8 Å². The second-order valence-corrected chi connectivity index (χ2v) is 5.71. The molecule has 2 amide bonds. The first kappa shape index (κ1) is 17.1. The first-order valence-corrected chi connectivity index (χ1v) is 7.68. The fourth-order valence-corrected chi connectivity index (χ4v) is 2.52. The van der Waals surface area contributed by atoms with E-state index in [-0.39, 0.29) is 17.9 Å². The molecule has 2 heterocycles. The van der Waals surface area contributed by atoms with Gasteiger partial charge in [-0.15, -0.1) is 0 Å². The number of rotatable bonds is 5. The SMILES string of the molecule is CC(=O)N(C)C(C)C1=CCN(CC(=O)Nc2cnccn2)CC1. The second-order valence-electron chi connectivity index (χ2n) is 5.71. The van der Waals surface area contributed by atoms with Crippen molar-refractivity contribution in [2.24, 2.45) is 0 Å². The van der Waals surface area contributed by atoms with E-state index in [1.807, 2.05) is 14.0 Å². The van der Waals surface area contributed by atoms with Crippen LogP contribution in [0.5, 0.6) is 0 Å². The highest BCUT2D eigenvalue weighted by molar-refractivity contribution is 5.91. The zero-order chi connectivity index (χ0) is 16.8. The van der Waals surface area contributed by atoms with Crippen LogP contribution in [0.3, 0.4) is 0 Å². The van der Waals surface area contributed by atoms with Gasteiger partial charge in [-0.05, 0) is 18.9 Å². The van der Waals surface area contributed by atoms with Gasteiger partial charge in [-0.1, -0.05) is 6.08 Å². The molecule has 7 nitrogen and oxygen atoms in total. The van der Waals surface area contributed by atoms with E-state index in [1.165, 1.54) is 11.8 Å². The van der Waals surface area contributed by atoms with E-state index in [0.29, 0.717) is 18.9 Å². The highest BCUT2D eigenvalue weighted by atomic mass is 16.2. The smallest absolute Gasteiger partial charge is 0.239 e. The number of hydrogen-bond acceptors (Lipinski definition) is 5. The van der Waals surface area contributed by atoms with Crippen LogP contribution in [-0.2, 0) is 9.59 Å². The highest BCUT2D eigenvalue weighted by Gasteiger charge is 2.21. The van der Waals surface area contributed by atoms with Crippen molar-refractivity contribution in [3.05, 3.63) is 30.2 Å². The lowest BCUT2D eigenvalue weighted by atomic mass is 10.0. The van der Waals surface area contributed by atoms with E-state index in [9.17, 15) is 9.59 Å². The Balaban J connectivity index is 1.84. The molecule has 0 bridgehead atoms. The number of hydrogen-bond donors (Lipinski definition) is 1. The Labute approximate surface area is 136 Å². The van der Waals surface area contributed by atoms with Gasteiger partial charge in [0.05, 0.1) is 12.7 Å². The number of carbonyl (C=O) groups excluding carboxylic acids is 2. The number of likely N-dealkylation sites (N-methyl/N-ethyl adjacent to an activating group) is 1. The Hall–Kier alpha value is -2.28. The Morgan fingerprint density at radius 1 is 1.43 bits per heavy atom. The van der Waals surface area contributed by atoms with Crippen LogP contribution in [0, 0.1) is 0 Å². The molecule has 1 atom stereocenters. The molecular weight excluding hydrogens is 294 g/mol. The molecule has 0 saturated heterocycles. The molecule has 0 fully saturated rings. The lowest BCUT2D eigenvalue weighted by molar-refractivity contribution is -0.128. The Morgan fingerprint density at radius 2 is 2.22 bits per heavy atom. The molecule has 1 N–H and O–H groups in total. The summed E-state index contributed by atoms with van der Waals surface area (Å²) >= 11 is 0. The molecule has 0 radical (unpaired) electrons. The predicted octanol–water partition coefficient (Wildman–Crippen LogP) is 0.914. The monoisotopic (exact) mass is 317 g/mol. The van der Waals surface area contributed by atoms with E-state index in [1.54, 1.807) is 24.2 Å². The normalized spacial score (nSPS) is 16.4. The average molecular weight is 317 g/mol. The van der Waals surface area contributed by atoms with E-state index in [2.05, 4.69) is 26.3 Å². The summed E-state index contributed by atoms with van der Waals surface area (Å²) in [5.74, 6) is 0.419. The molecule has 0 aliphatic carbocycles. The van der Waals surface area contributed by atoms with Crippen LogP contribution in [0.15, 0.2) is 30.2 Å². The summed E-state index contributed by atoms with van der Waals surface area (Å²) < 4.78 is 0. The summed E-state index contributed by atoms with van der Waals surface area (Å²) in [7, 11) is 1.81. The van der Waals surface area contributed by atoms with Crippen LogP contribution >= 0.6 is 0 Å². The fraction of sp³-hybridized carbons (Fsp3) is 0.500. The van der Waals surface area contributed by atoms with Crippen molar-refractivity contribution in [1.82, 2.24) is 19.8 Å². The molecule has 0 aromatic carbocycles. The molecule has 0 saturated carbocycles. The van der Waals surface area contributed by atoms with Crippen molar-refractivity contribution in [3.63, 3.8) is 0 Å². The van der Waals surface area contributed by atoms with Gasteiger partial charge in [0.25, 0.3) is 0 Å². The molecular formula is C16H23N5O2. The summed E-state index contributed by atoms with van der Waals surface area (Å²) in [5.41, 5.74) is 1.24. The molecule has 23 heavy (non-hydrogen) atoms. The topological polar surface area (TPSA) is 78.4 Å². The summed E-state index contributed by atoms with van der Waals surface area (Å²) in [5, 5.41) is 2.73. The highest BCUT2D eigenvalue weighted by Crippen LogP contribution is 2.18. The van der Waals surface area contributed by atoms with Crippen LogP contribution in [0.25, 0.3) is 0 Å². The van der Waals surface area contributed by atoms with Crippen LogP contribution < -0.4 is 5.32 Å². The molecule has 2 rings (SSSR count). The van der Waals surface area contributed by atoms with Gasteiger partial charge in [0.15, 0.2) is 5.82 Å². The number of carbonyl (C=O) groups is 2. The van der Waals surface area contributed by atoms with E-state index >= 15 is 0 Å². The van der Waals surface area contributed by atoms with Crippen molar-refractivity contribution >= 4 is 17.6 Å². The summed E-state index contributed by atoms with van der Waals surface area (Å²) in [6.45, 7) is 5.43. The maximum Gasteiger partial charge on any atom is 0.239 e. The Morgan fingerprint density at radius 3 is 2.78 bits per heavy atom. The van der Waals surface area contributed by atoms with E-state index < -0.39 is 0 Å². The minimum Gasteiger partial charge on any atom is -0.340 e. The zero-order valence-electron chi connectivity index (χ0n) is 13.8. The first-order valence-electron chi connectivity index (χ1n) is 7.68. The Bertz CT molecular complexity index is 587. The third-order valence-electron chi connectivity index (χ3n) is 4.14. The molecule has 1 aromatic heterocycles. The molecule has 0 spiro atoms. The van der Waals surface area contributed by atoms with Gasteiger partial charge in [0, 0.05) is 45.5 Å². The first-order chi connectivity index (χ1) is 11.0. The zero-order valence-corrected chi connectivity index (χ0v) is 13.8. The van der Waals surface area contributed by atoms with Crippen molar-refractivity contribution in [2.75, 3.05) is 32.0 Å². The number of amides is 2. The number of nitrogens with one attached hydrogen (secondary N) is 1. The average Bonchev–Trinajstić information content (AvgIpc) is 2.55. The van der Waals surface area contributed by atoms with Crippen LogP contribution in [0.2, 0.25) is 0 Å². The summed E-state index contributed by atoms with van der Waals surface area (Å²) in [4.78, 5) is 35.2. The van der Waals surface area contributed by atoms with Gasteiger partial charge in [-0.3, -0.25) is 19.5 Å². The van der Waals surface area contributed by atoms with Crippen LogP contribution in [0.1, 0.15) is 20.3 Å². The minimum absolute atomic E-state index is 0.0594. The third kappa shape index (κ3) is 4.85. The number of nitrogens with zero attached hydrogens (tertiary/aromatic N) is 4. The largest absolute Gasteiger partial charge is 0.340 e. The predicted molar refractivity (Wildman–Crippen MR) is 87.7 cm³/mol. The molecule has 7 heteroatoms. The van der Waals surface area contributed by atoms with Crippen LogP contribution in [-0.4, -0.2) is 64.3 Å². The lowest BCUT2D eigenvalue weighted by Gasteiger charge is -2.32. The van der Waals surface area contributed by atoms with Crippen molar-refractivity contribution in [3.8, 4) is 0 Å². The van der Waals surface area contributed by atoms with Gasteiger partial charge in [-0.2, -0.15) is 0 Å². The number of aromatic nitrogens is 2. The Kier molecular flexibility index (Phi) is 5.81. The van der Waals surface area contributed by atoms with Gasteiger partial charge < -0.3 is 10.2 Å². The maximum atomic E-state index is 12.0.